The van der Waals surface area contributed by atoms with Crippen molar-refractivity contribution in [1.29, 1.82) is 0 Å². The number of carbonyl (C=O) groups excluding carboxylic acids is 1. The topological polar surface area (TPSA) is 84.2 Å². The molecule has 0 aliphatic carbocycles. The lowest BCUT2D eigenvalue weighted by Gasteiger charge is -2.16. The Labute approximate surface area is 182 Å². The van der Waals surface area contributed by atoms with Crippen molar-refractivity contribution in [3.8, 4) is 11.4 Å². The van der Waals surface area contributed by atoms with Gasteiger partial charge in [-0.3, -0.25) is 4.79 Å². The number of nitrogens with zero attached hydrogens (tertiary/aromatic N) is 4. The molecule has 0 spiro atoms. The van der Waals surface area contributed by atoms with Crippen LogP contribution in [0.4, 0.5) is 10.3 Å². The highest BCUT2D eigenvalue weighted by molar-refractivity contribution is 7.98. The number of benzene rings is 2. The van der Waals surface area contributed by atoms with Crippen molar-refractivity contribution >= 4 is 40.2 Å². The zero-order valence-corrected chi connectivity index (χ0v) is 17.7. The number of hydrogen-bond acceptors (Lipinski definition) is 6. The van der Waals surface area contributed by atoms with E-state index >= 15 is 0 Å². The summed E-state index contributed by atoms with van der Waals surface area (Å²) in [5.41, 5.74) is 1.61. The third kappa shape index (κ3) is 3.69. The summed E-state index contributed by atoms with van der Waals surface area (Å²) in [6.07, 6.45) is 4.48. The Kier molecular flexibility index (Phi) is 5.19. The van der Waals surface area contributed by atoms with Gasteiger partial charge in [0.05, 0.1) is 11.1 Å². The van der Waals surface area contributed by atoms with E-state index in [4.69, 9.17) is 4.98 Å². The minimum atomic E-state index is -0.412. The van der Waals surface area contributed by atoms with Crippen molar-refractivity contribution in [2.75, 3.05) is 18.1 Å². The first-order valence-electron chi connectivity index (χ1n) is 10.2. The number of anilines is 1. The highest BCUT2D eigenvalue weighted by atomic mass is 32.2. The largest absolute Gasteiger partial charge is 0.354 e. The minimum Gasteiger partial charge on any atom is -0.354 e. The third-order valence-electron chi connectivity index (χ3n) is 5.43. The second-order valence-corrected chi connectivity index (χ2v) is 8.33. The van der Waals surface area contributed by atoms with Gasteiger partial charge < -0.3 is 10.6 Å². The van der Waals surface area contributed by atoms with E-state index in [2.05, 4.69) is 20.7 Å². The molecule has 1 aliphatic rings. The quantitative estimate of drug-likeness (QED) is 0.472. The van der Waals surface area contributed by atoms with Gasteiger partial charge in [-0.1, -0.05) is 12.1 Å². The normalized spacial score (nSPS) is 17.0. The third-order valence-corrected chi connectivity index (χ3v) is 6.16. The fraction of sp³-hybridized carbons (Fsp3) is 0.273. The number of halogens is 1. The Morgan fingerprint density at radius 1 is 1.19 bits per heavy atom. The molecule has 0 radical (unpaired) electrons. The van der Waals surface area contributed by atoms with Crippen LogP contribution in [0, 0.1) is 5.82 Å². The van der Waals surface area contributed by atoms with Gasteiger partial charge in [0, 0.05) is 16.8 Å². The second-order valence-electron chi connectivity index (χ2n) is 7.45. The number of hydrogen-bond donors (Lipinski definition) is 2. The van der Waals surface area contributed by atoms with Gasteiger partial charge in [-0.25, -0.2) is 14.4 Å². The molecule has 2 aromatic heterocycles. The number of rotatable bonds is 4. The number of fused-ring (bicyclic) bond motifs is 3. The van der Waals surface area contributed by atoms with Gasteiger partial charge in [0.25, 0.3) is 0 Å². The molecule has 1 atom stereocenters. The zero-order valence-electron chi connectivity index (χ0n) is 16.9. The number of amides is 1. The van der Waals surface area contributed by atoms with Crippen LogP contribution < -0.4 is 10.6 Å². The molecule has 1 saturated heterocycles. The molecule has 0 bridgehead atoms. The summed E-state index contributed by atoms with van der Waals surface area (Å²) in [4.78, 5) is 22.6. The molecule has 1 aliphatic heterocycles. The number of aromatic nitrogens is 4. The van der Waals surface area contributed by atoms with E-state index in [0.29, 0.717) is 30.1 Å². The molecule has 2 aromatic carbocycles. The molecule has 9 heteroatoms. The van der Waals surface area contributed by atoms with E-state index in [9.17, 15) is 9.18 Å². The van der Waals surface area contributed by atoms with Crippen molar-refractivity contribution in [3.63, 3.8) is 0 Å². The highest BCUT2D eigenvalue weighted by Crippen LogP contribution is 2.28. The van der Waals surface area contributed by atoms with Crippen LogP contribution in [0.2, 0.25) is 0 Å². The Morgan fingerprint density at radius 3 is 2.90 bits per heavy atom. The molecular formula is C22H21FN6OS. The lowest BCUT2D eigenvalue weighted by Crippen LogP contribution is -2.38. The van der Waals surface area contributed by atoms with E-state index in [-0.39, 0.29) is 17.5 Å². The van der Waals surface area contributed by atoms with Crippen LogP contribution in [-0.4, -0.2) is 44.3 Å². The molecule has 2 N–H and O–H groups in total. The summed E-state index contributed by atoms with van der Waals surface area (Å²) >= 11 is 1.47. The lowest BCUT2D eigenvalue weighted by molar-refractivity contribution is -0.121. The zero-order chi connectivity index (χ0) is 21.4. The maximum Gasteiger partial charge on any atom is 0.242 e. The molecule has 7 nitrogen and oxygen atoms in total. The first-order valence-corrected chi connectivity index (χ1v) is 11.4. The fourth-order valence-corrected chi connectivity index (χ4v) is 4.23. The van der Waals surface area contributed by atoms with Gasteiger partial charge in [-0.15, -0.1) is 16.9 Å². The van der Waals surface area contributed by atoms with Crippen LogP contribution in [0.3, 0.4) is 0 Å². The van der Waals surface area contributed by atoms with Crippen molar-refractivity contribution in [1.82, 2.24) is 24.9 Å². The Hall–Kier alpha value is -3.20. The smallest absolute Gasteiger partial charge is 0.242 e. The number of carbonyl (C=O) groups is 1. The first-order chi connectivity index (χ1) is 15.1. The monoisotopic (exact) mass is 436 g/mol. The molecule has 1 fully saturated rings. The minimum absolute atomic E-state index is 0.0559. The van der Waals surface area contributed by atoms with Crippen molar-refractivity contribution in [2.45, 2.75) is 30.2 Å². The molecule has 0 saturated carbocycles. The van der Waals surface area contributed by atoms with E-state index < -0.39 is 6.04 Å². The Bertz CT molecular complexity index is 1290. The van der Waals surface area contributed by atoms with Gasteiger partial charge in [-0.05, 0) is 55.9 Å². The van der Waals surface area contributed by atoms with Crippen molar-refractivity contribution < 1.29 is 9.18 Å². The highest BCUT2D eigenvalue weighted by Gasteiger charge is 2.23. The van der Waals surface area contributed by atoms with Gasteiger partial charge in [-0.2, -0.15) is 4.52 Å². The summed E-state index contributed by atoms with van der Waals surface area (Å²) in [7, 11) is 0. The standard InChI is InChI=1S/C22H21FN6OS/c1-31-13-9-10-14(16(23)12-13)19-27-20-15-6-2-3-7-17(15)25-22(29(20)28-19)26-18-8-4-5-11-24-21(18)30/h2-3,6-7,9-10,12,18H,4-5,8,11H2,1H3,(H,24,30)(H,25,26)/t18-/m1/s1. The Balaban J connectivity index is 1.65. The predicted octanol–water partition coefficient (Wildman–Crippen LogP) is 3.89. The van der Waals surface area contributed by atoms with Crippen molar-refractivity contribution in [3.05, 3.63) is 48.3 Å². The second kappa shape index (κ2) is 8.14. The Morgan fingerprint density at radius 2 is 2.06 bits per heavy atom. The van der Waals surface area contributed by atoms with Crippen LogP contribution in [-0.2, 0) is 4.79 Å². The summed E-state index contributed by atoms with van der Waals surface area (Å²) in [5, 5.41) is 11.5. The fourth-order valence-electron chi connectivity index (χ4n) is 3.80. The van der Waals surface area contributed by atoms with Gasteiger partial charge >= 0.3 is 0 Å². The summed E-state index contributed by atoms with van der Waals surface area (Å²) in [6, 6.07) is 12.2. The maximum atomic E-state index is 14.7. The molecule has 4 aromatic rings. The predicted molar refractivity (Wildman–Crippen MR) is 120 cm³/mol. The average Bonchev–Trinajstić information content (AvgIpc) is 3.13. The summed E-state index contributed by atoms with van der Waals surface area (Å²) in [6.45, 7) is 0.677. The van der Waals surface area contributed by atoms with E-state index in [1.807, 2.05) is 36.6 Å². The average molecular weight is 437 g/mol. The summed E-state index contributed by atoms with van der Waals surface area (Å²) < 4.78 is 16.3. The van der Waals surface area contributed by atoms with Gasteiger partial charge in [0.15, 0.2) is 11.5 Å². The molecule has 1 amide bonds. The van der Waals surface area contributed by atoms with Crippen LogP contribution in [0.25, 0.3) is 27.9 Å². The molecule has 5 rings (SSSR count). The van der Waals surface area contributed by atoms with E-state index in [0.717, 1.165) is 28.6 Å². The van der Waals surface area contributed by atoms with Gasteiger partial charge in [0.2, 0.25) is 11.9 Å². The molecule has 158 valence electrons. The van der Waals surface area contributed by atoms with Crippen LogP contribution in [0.1, 0.15) is 19.3 Å². The SMILES string of the molecule is CSc1ccc(-c2nc3c4ccccc4nc(N[C@@H]4CCCCNC4=O)n3n2)c(F)c1. The van der Waals surface area contributed by atoms with Crippen molar-refractivity contribution in [2.24, 2.45) is 0 Å². The molecule has 31 heavy (non-hydrogen) atoms. The number of para-hydroxylation sites is 1. The van der Waals surface area contributed by atoms with Crippen LogP contribution in [0.15, 0.2) is 47.4 Å². The maximum absolute atomic E-state index is 14.7. The number of nitrogens with one attached hydrogen (secondary N) is 2. The molecule has 0 unspecified atom stereocenters. The summed E-state index contributed by atoms with van der Waals surface area (Å²) in [5.74, 6) is 0.254. The van der Waals surface area contributed by atoms with Gasteiger partial charge in [0.1, 0.15) is 11.9 Å². The first kappa shape index (κ1) is 19.7. The lowest BCUT2D eigenvalue weighted by atomic mass is 10.1. The van der Waals surface area contributed by atoms with Crippen LogP contribution >= 0.6 is 11.8 Å². The van der Waals surface area contributed by atoms with E-state index in [1.165, 1.54) is 17.8 Å². The molecular weight excluding hydrogens is 415 g/mol. The van der Waals surface area contributed by atoms with Crippen LogP contribution in [0.5, 0.6) is 0 Å². The van der Waals surface area contributed by atoms with E-state index in [1.54, 1.807) is 10.6 Å². The molecule has 3 heterocycles. The number of thioether (sulfide) groups is 1.